The molecule has 0 aliphatic carbocycles. The number of rotatable bonds is 4. The molecule has 88 valence electrons. The number of oxime groups is 1. The van der Waals surface area contributed by atoms with Gasteiger partial charge in [0, 0.05) is 11.8 Å². The van der Waals surface area contributed by atoms with Crippen LogP contribution in [0.5, 0.6) is 0 Å². The third-order valence-corrected chi connectivity index (χ3v) is 1.59. The molecule has 0 spiro atoms. The van der Waals surface area contributed by atoms with E-state index in [2.05, 4.69) is 21.9 Å². The smallest absolute Gasteiger partial charge is 0.321 e. The molecular weight excluding hydrogens is 227 g/mol. The SMILES string of the molecule is C=CC(=O)O/N=C/C(=O)Nc1ccc(F)cc1. The predicted molar refractivity (Wildman–Crippen MR) is 59.8 cm³/mol. The Morgan fingerprint density at radius 1 is 1.35 bits per heavy atom. The molecule has 6 heteroatoms. The lowest BCUT2D eigenvalue weighted by molar-refractivity contribution is -0.137. The van der Waals surface area contributed by atoms with E-state index < -0.39 is 17.7 Å². The summed E-state index contributed by atoms with van der Waals surface area (Å²) in [6.45, 7) is 3.15. The van der Waals surface area contributed by atoms with Crippen LogP contribution in [0, 0.1) is 5.82 Å². The normalized spacial score (nSPS) is 9.94. The fraction of sp³-hybridized carbons (Fsp3) is 0. The van der Waals surface area contributed by atoms with Gasteiger partial charge in [-0.05, 0) is 24.3 Å². The quantitative estimate of drug-likeness (QED) is 0.372. The molecule has 0 unspecified atom stereocenters. The molecule has 0 bridgehead atoms. The van der Waals surface area contributed by atoms with Crippen LogP contribution in [0.15, 0.2) is 42.1 Å². The van der Waals surface area contributed by atoms with E-state index in [4.69, 9.17) is 0 Å². The van der Waals surface area contributed by atoms with Gasteiger partial charge in [-0.2, -0.15) is 0 Å². The molecule has 1 amide bonds. The Hall–Kier alpha value is -2.50. The summed E-state index contributed by atoms with van der Waals surface area (Å²) in [4.78, 5) is 26.0. The molecule has 17 heavy (non-hydrogen) atoms. The standard InChI is InChI=1S/C11H9FN2O3/c1-2-11(16)17-13-7-10(15)14-9-5-3-8(12)4-6-9/h2-7H,1H2,(H,14,15)/b13-7+. The summed E-state index contributed by atoms with van der Waals surface area (Å²) in [5.41, 5.74) is 0.401. The molecule has 5 nitrogen and oxygen atoms in total. The maximum absolute atomic E-state index is 12.5. The van der Waals surface area contributed by atoms with E-state index in [0.29, 0.717) is 5.69 Å². The van der Waals surface area contributed by atoms with Crippen LogP contribution in [-0.2, 0) is 14.4 Å². The van der Waals surface area contributed by atoms with Gasteiger partial charge >= 0.3 is 5.97 Å². The number of carbonyl (C=O) groups excluding carboxylic acids is 2. The van der Waals surface area contributed by atoms with Crippen molar-refractivity contribution in [2.75, 3.05) is 5.32 Å². The minimum Gasteiger partial charge on any atom is -0.321 e. The molecule has 0 aliphatic heterocycles. The van der Waals surface area contributed by atoms with Gasteiger partial charge in [-0.25, -0.2) is 9.18 Å². The van der Waals surface area contributed by atoms with Crippen molar-refractivity contribution < 1.29 is 18.8 Å². The number of hydrogen-bond donors (Lipinski definition) is 1. The maximum atomic E-state index is 12.5. The van der Waals surface area contributed by atoms with Gasteiger partial charge in [0.25, 0.3) is 5.91 Å². The first-order valence-corrected chi connectivity index (χ1v) is 4.55. The van der Waals surface area contributed by atoms with E-state index in [1.54, 1.807) is 0 Å². The molecule has 0 saturated heterocycles. The van der Waals surface area contributed by atoms with Gasteiger partial charge in [-0.15, -0.1) is 0 Å². The van der Waals surface area contributed by atoms with E-state index in [1.807, 2.05) is 0 Å². The summed E-state index contributed by atoms with van der Waals surface area (Å²) in [6, 6.07) is 5.17. The summed E-state index contributed by atoms with van der Waals surface area (Å²) >= 11 is 0. The van der Waals surface area contributed by atoms with Crippen molar-refractivity contribution in [2.24, 2.45) is 5.16 Å². The summed E-state index contributed by atoms with van der Waals surface area (Å²) in [7, 11) is 0. The second kappa shape index (κ2) is 6.16. The molecule has 0 aliphatic rings. The predicted octanol–water partition coefficient (Wildman–Crippen LogP) is 1.48. The van der Waals surface area contributed by atoms with Crippen molar-refractivity contribution in [3.8, 4) is 0 Å². The van der Waals surface area contributed by atoms with E-state index in [9.17, 15) is 14.0 Å². The highest BCUT2D eigenvalue weighted by atomic mass is 19.1. The zero-order valence-electron chi connectivity index (χ0n) is 8.72. The molecule has 0 heterocycles. The lowest BCUT2D eigenvalue weighted by Crippen LogP contribution is -2.13. The molecule has 1 N–H and O–H groups in total. The Balaban J connectivity index is 2.47. The fourth-order valence-electron chi connectivity index (χ4n) is 0.871. The highest BCUT2D eigenvalue weighted by molar-refractivity contribution is 6.31. The second-order valence-corrected chi connectivity index (χ2v) is 2.85. The van der Waals surface area contributed by atoms with Crippen LogP contribution in [0.3, 0.4) is 0 Å². The third-order valence-electron chi connectivity index (χ3n) is 1.59. The van der Waals surface area contributed by atoms with Crippen LogP contribution < -0.4 is 5.32 Å². The molecule has 0 radical (unpaired) electrons. The second-order valence-electron chi connectivity index (χ2n) is 2.85. The highest BCUT2D eigenvalue weighted by Gasteiger charge is 1.99. The topological polar surface area (TPSA) is 67.8 Å². The Kier molecular flexibility index (Phi) is 4.56. The van der Waals surface area contributed by atoms with Crippen molar-refractivity contribution in [3.63, 3.8) is 0 Å². The van der Waals surface area contributed by atoms with Crippen molar-refractivity contribution in [1.82, 2.24) is 0 Å². The monoisotopic (exact) mass is 236 g/mol. The minimum absolute atomic E-state index is 0.401. The number of benzene rings is 1. The molecule has 0 atom stereocenters. The maximum Gasteiger partial charge on any atom is 0.357 e. The summed E-state index contributed by atoms with van der Waals surface area (Å²) < 4.78 is 12.5. The van der Waals surface area contributed by atoms with E-state index in [1.165, 1.54) is 24.3 Å². The lowest BCUT2D eigenvalue weighted by atomic mass is 10.3. The minimum atomic E-state index is -0.768. The van der Waals surface area contributed by atoms with Gasteiger partial charge in [0.2, 0.25) is 0 Å². The van der Waals surface area contributed by atoms with Crippen LogP contribution in [0.4, 0.5) is 10.1 Å². The summed E-state index contributed by atoms with van der Waals surface area (Å²) in [6.07, 6.45) is 1.69. The van der Waals surface area contributed by atoms with Gasteiger partial charge in [0.1, 0.15) is 12.0 Å². The first-order valence-electron chi connectivity index (χ1n) is 4.55. The van der Waals surface area contributed by atoms with Crippen LogP contribution in [0.2, 0.25) is 0 Å². The molecule has 1 rings (SSSR count). The van der Waals surface area contributed by atoms with Crippen molar-refractivity contribution in [1.29, 1.82) is 0 Å². The first kappa shape index (κ1) is 12.6. The molecule has 1 aromatic carbocycles. The van der Waals surface area contributed by atoms with Gasteiger partial charge < -0.3 is 10.2 Å². The molecule has 1 aromatic rings. The van der Waals surface area contributed by atoms with Crippen molar-refractivity contribution in [2.45, 2.75) is 0 Å². The van der Waals surface area contributed by atoms with Crippen molar-refractivity contribution >= 4 is 23.8 Å². The largest absolute Gasteiger partial charge is 0.357 e. The van der Waals surface area contributed by atoms with Gasteiger partial charge in [-0.3, -0.25) is 4.79 Å². The molecule has 0 fully saturated rings. The van der Waals surface area contributed by atoms with Gasteiger partial charge in [0.15, 0.2) is 0 Å². The Bertz CT molecular complexity index is 454. The lowest BCUT2D eigenvalue weighted by Gasteiger charge is -2.00. The number of halogens is 1. The molecule has 0 aromatic heterocycles. The average Bonchev–Trinajstić information content (AvgIpc) is 2.32. The van der Waals surface area contributed by atoms with E-state index in [0.717, 1.165) is 12.3 Å². The number of carbonyl (C=O) groups is 2. The van der Waals surface area contributed by atoms with Crippen molar-refractivity contribution in [3.05, 3.63) is 42.7 Å². The zero-order chi connectivity index (χ0) is 12.7. The molecular formula is C11H9FN2O3. The first-order chi connectivity index (χ1) is 8.11. The Morgan fingerprint density at radius 3 is 2.59 bits per heavy atom. The van der Waals surface area contributed by atoms with Gasteiger partial charge in [0.05, 0.1) is 0 Å². The fourth-order valence-corrected chi connectivity index (χ4v) is 0.871. The third kappa shape index (κ3) is 4.70. The number of hydrogen-bond acceptors (Lipinski definition) is 4. The Labute approximate surface area is 96.6 Å². The van der Waals surface area contributed by atoms with Gasteiger partial charge in [-0.1, -0.05) is 11.7 Å². The van der Waals surface area contributed by atoms with Crippen LogP contribution in [-0.4, -0.2) is 18.1 Å². The highest BCUT2D eigenvalue weighted by Crippen LogP contribution is 2.07. The number of anilines is 1. The van der Waals surface area contributed by atoms with Crippen LogP contribution in [0.25, 0.3) is 0 Å². The summed E-state index contributed by atoms with van der Waals surface area (Å²) in [5.74, 6) is -1.78. The van der Waals surface area contributed by atoms with Crippen LogP contribution >= 0.6 is 0 Å². The van der Waals surface area contributed by atoms with E-state index >= 15 is 0 Å². The molecule has 0 saturated carbocycles. The average molecular weight is 236 g/mol. The Morgan fingerprint density at radius 2 is 2.00 bits per heavy atom. The van der Waals surface area contributed by atoms with Crippen LogP contribution in [0.1, 0.15) is 0 Å². The summed E-state index contributed by atoms with van der Waals surface area (Å²) in [5, 5.41) is 5.51. The van der Waals surface area contributed by atoms with E-state index in [-0.39, 0.29) is 0 Å². The number of nitrogens with zero attached hydrogens (tertiary/aromatic N) is 1. The zero-order valence-corrected chi connectivity index (χ0v) is 8.72. The number of nitrogens with one attached hydrogen (secondary N) is 1. The number of amides is 1.